The number of fused-ring (bicyclic) bond motifs is 1. The zero-order chi connectivity index (χ0) is 29.4. The van der Waals surface area contributed by atoms with Crippen molar-refractivity contribution in [1.82, 2.24) is 23.8 Å². The van der Waals surface area contributed by atoms with E-state index in [0.717, 1.165) is 23.0 Å². The Hall–Kier alpha value is -4.32. The zero-order valence-electron chi connectivity index (χ0n) is 23.0. The number of anilines is 1. The van der Waals surface area contributed by atoms with E-state index in [1.807, 2.05) is 20.8 Å². The second-order valence-electron chi connectivity index (χ2n) is 10.8. The first-order valence-corrected chi connectivity index (χ1v) is 14.6. The van der Waals surface area contributed by atoms with Gasteiger partial charge in [-0.2, -0.15) is 0 Å². The lowest BCUT2D eigenvalue weighted by atomic mass is 10.1. The van der Waals surface area contributed by atoms with Crippen LogP contribution in [-0.4, -0.2) is 63.1 Å². The second kappa shape index (κ2) is 10.9. The van der Waals surface area contributed by atoms with E-state index in [4.69, 9.17) is 9.72 Å². The summed E-state index contributed by atoms with van der Waals surface area (Å²) in [5, 5.41) is 3.64. The van der Waals surface area contributed by atoms with Crippen molar-refractivity contribution in [3.05, 3.63) is 72.9 Å². The van der Waals surface area contributed by atoms with Gasteiger partial charge in [0.15, 0.2) is 11.5 Å². The van der Waals surface area contributed by atoms with Gasteiger partial charge in [-0.3, -0.25) is 0 Å². The molecule has 4 aromatic rings. The molecule has 1 aliphatic rings. The van der Waals surface area contributed by atoms with Crippen LogP contribution >= 0.6 is 0 Å². The predicted octanol–water partition coefficient (Wildman–Crippen LogP) is 5.32. The molecule has 1 fully saturated rings. The minimum Gasteiger partial charge on any atom is -0.444 e. The molecule has 12 heteroatoms. The molecule has 0 radical (unpaired) electrons. The highest BCUT2D eigenvalue weighted by Crippen LogP contribution is 2.32. The fourth-order valence-corrected chi connectivity index (χ4v) is 6.03. The molecule has 1 saturated heterocycles. The van der Waals surface area contributed by atoms with E-state index in [-0.39, 0.29) is 33.9 Å². The average Bonchev–Trinajstić information content (AvgIpc) is 3.32. The van der Waals surface area contributed by atoms with Crippen LogP contribution in [0.15, 0.2) is 66.5 Å². The van der Waals surface area contributed by atoms with Crippen molar-refractivity contribution in [2.75, 3.05) is 18.4 Å². The molecule has 3 aromatic heterocycles. The smallest absolute Gasteiger partial charge is 0.410 e. The molecule has 1 aromatic carbocycles. The van der Waals surface area contributed by atoms with E-state index in [1.54, 1.807) is 35.4 Å². The number of nitrogens with one attached hydrogen (secondary N) is 1. The van der Waals surface area contributed by atoms with Gasteiger partial charge in [-0.05, 0) is 51.8 Å². The van der Waals surface area contributed by atoms with Crippen LogP contribution in [0.1, 0.15) is 39.2 Å². The van der Waals surface area contributed by atoms with Gasteiger partial charge in [-0.25, -0.2) is 36.5 Å². The van der Waals surface area contributed by atoms with Gasteiger partial charge in [0.1, 0.15) is 17.2 Å². The van der Waals surface area contributed by atoms with E-state index in [9.17, 15) is 17.6 Å². The van der Waals surface area contributed by atoms with E-state index < -0.39 is 21.4 Å². The molecular weight excluding hydrogens is 547 g/mol. The molecule has 5 rings (SSSR count). The number of piperidine rings is 1. The van der Waals surface area contributed by atoms with Crippen molar-refractivity contribution in [2.24, 2.45) is 0 Å². The van der Waals surface area contributed by atoms with Crippen molar-refractivity contribution in [3.8, 4) is 11.4 Å². The monoisotopic (exact) mass is 578 g/mol. The molecule has 0 saturated carbocycles. The Morgan fingerprint density at radius 1 is 1.20 bits per heavy atom. The van der Waals surface area contributed by atoms with Crippen molar-refractivity contribution in [3.63, 3.8) is 0 Å². The van der Waals surface area contributed by atoms with Crippen LogP contribution in [0.5, 0.6) is 0 Å². The molecule has 1 N–H and O–H groups in total. The van der Waals surface area contributed by atoms with E-state index in [1.165, 1.54) is 24.4 Å². The molecule has 10 nitrogen and oxygen atoms in total. The molecule has 41 heavy (non-hydrogen) atoms. The largest absolute Gasteiger partial charge is 0.444 e. The van der Waals surface area contributed by atoms with Crippen LogP contribution < -0.4 is 5.32 Å². The molecule has 0 unspecified atom stereocenters. The summed E-state index contributed by atoms with van der Waals surface area (Å²) in [5.41, 5.74) is 0.366. The van der Waals surface area contributed by atoms with Crippen LogP contribution in [0.3, 0.4) is 0 Å². The molecule has 214 valence electrons. The van der Waals surface area contributed by atoms with Crippen molar-refractivity contribution in [1.29, 1.82) is 0 Å². The number of benzene rings is 1. The highest BCUT2D eigenvalue weighted by molar-refractivity contribution is 7.90. The van der Waals surface area contributed by atoms with Gasteiger partial charge in [0, 0.05) is 48.0 Å². The lowest BCUT2D eigenvalue weighted by Gasteiger charge is -2.34. The number of carbonyl (C=O) groups is 1. The third-order valence-electron chi connectivity index (χ3n) is 6.57. The summed E-state index contributed by atoms with van der Waals surface area (Å²) in [6, 6.07) is 9.00. The maximum absolute atomic E-state index is 14.3. The molecular formula is C29H31FN6O4S. The van der Waals surface area contributed by atoms with E-state index in [2.05, 4.69) is 21.9 Å². The van der Waals surface area contributed by atoms with Gasteiger partial charge in [0.2, 0.25) is 0 Å². The maximum atomic E-state index is 14.3. The van der Waals surface area contributed by atoms with Crippen LogP contribution in [0.4, 0.5) is 15.0 Å². The number of rotatable bonds is 6. The second-order valence-corrected chi connectivity index (χ2v) is 12.6. The fraction of sp³-hybridized carbons (Fsp3) is 0.310. The van der Waals surface area contributed by atoms with Crippen molar-refractivity contribution < 1.29 is 22.3 Å². The highest BCUT2D eigenvalue weighted by atomic mass is 32.2. The summed E-state index contributed by atoms with van der Waals surface area (Å²) in [5.74, 6) is 0.00801. The summed E-state index contributed by atoms with van der Waals surface area (Å²) in [4.78, 5) is 27.6. The minimum absolute atomic E-state index is 0.0523. The third kappa shape index (κ3) is 5.92. The summed E-state index contributed by atoms with van der Waals surface area (Å²) < 4.78 is 47.9. The maximum Gasteiger partial charge on any atom is 0.410 e. The Labute approximate surface area is 238 Å². The topological polar surface area (TPSA) is 119 Å². The predicted molar refractivity (Wildman–Crippen MR) is 154 cm³/mol. The molecule has 1 aliphatic heterocycles. The summed E-state index contributed by atoms with van der Waals surface area (Å²) in [6.45, 7) is 10.3. The van der Waals surface area contributed by atoms with Gasteiger partial charge < -0.3 is 15.0 Å². The molecule has 0 aliphatic carbocycles. The molecule has 1 atom stereocenters. The number of halogens is 1. The number of amides is 1. The van der Waals surface area contributed by atoms with Crippen molar-refractivity contribution >= 4 is 39.0 Å². The number of nitrogens with zero attached hydrogens (tertiary/aromatic N) is 5. The molecule has 4 heterocycles. The number of hydrogen-bond acceptors (Lipinski definition) is 8. The Balaban J connectivity index is 1.51. The molecule has 0 spiro atoms. The minimum atomic E-state index is -4.04. The number of likely N-dealkylation sites (tertiary alicyclic amines) is 1. The van der Waals surface area contributed by atoms with Crippen molar-refractivity contribution in [2.45, 2.75) is 50.2 Å². The van der Waals surface area contributed by atoms with Crippen LogP contribution in [0.2, 0.25) is 0 Å². The van der Waals surface area contributed by atoms with Crippen LogP contribution in [-0.2, 0) is 14.8 Å². The highest BCUT2D eigenvalue weighted by Gasteiger charge is 2.29. The number of ether oxygens (including phenoxy) is 1. The van der Waals surface area contributed by atoms with Gasteiger partial charge in [0.25, 0.3) is 10.0 Å². The quantitative estimate of drug-likeness (QED) is 0.326. The Bertz CT molecular complexity index is 1720. The number of hydrogen-bond donors (Lipinski definition) is 1. The fourth-order valence-electron chi connectivity index (χ4n) is 4.69. The average molecular weight is 579 g/mol. The first-order chi connectivity index (χ1) is 19.5. The summed E-state index contributed by atoms with van der Waals surface area (Å²) >= 11 is 0. The first kappa shape index (κ1) is 28.2. The van der Waals surface area contributed by atoms with Crippen LogP contribution in [0, 0.1) is 5.82 Å². The number of carbonyl (C=O) groups excluding carboxylic acids is 1. The summed E-state index contributed by atoms with van der Waals surface area (Å²) in [7, 11) is -4.04. The van der Waals surface area contributed by atoms with Crippen LogP contribution in [0.25, 0.3) is 28.5 Å². The number of aromatic nitrogens is 4. The zero-order valence-corrected chi connectivity index (χ0v) is 23.9. The molecule has 1 amide bonds. The summed E-state index contributed by atoms with van der Waals surface area (Å²) in [6.07, 6.45) is 6.68. The first-order valence-electron chi connectivity index (χ1n) is 13.2. The van der Waals surface area contributed by atoms with E-state index in [0.29, 0.717) is 30.0 Å². The Morgan fingerprint density at radius 3 is 2.66 bits per heavy atom. The third-order valence-corrected chi connectivity index (χ3v) is 8.23. The normalized spacial score (nSPS) is 16.0. The molecule has 0 bridgehead atoms. The lowest BCUT2D eigenvalue weighted by molar-refractivity contribution is 0.0206. The van der Waals surface area contributed by atoms with Gasteiger partial charge in [0.05, 0.1) is 11.1 Å². The van der Waals surface area contributed by atoms with Gasteiger partial charge in [-0.15, -0.1) is 0 Å². The standard InChI is InChI=1S/C29H31FN6O4S/c1-5-19-15-31-26(34-25(19)33-21-10-9-13-35(17-21)28(37)40-29(2,3)4)24-18-36(27-23(24)14-20(30)16-32-27)41(38,39)22-11-7-6-8-12-22/h5-8,11-12,14-16,18,21H,1,9-10,13,17H2,2-4H3,(H,31,33,34)/t21-/m0/s1. The van der Waals surface area contributed by atoms with E-state index >= 15 is 0 Å². The van der Waals surface area contributed by atoms with Gasteiger partial charge in [-0.1, -0.05) is 30.9 Å². The Kier molecular flexibility index (Phi) is 7.52. The number of pyridine rings is 1. The SMILES string of the molecule is C=Cc1cnc(-c2cn(S(=O)(=O)c3ccccc3)c3ncc(F)cc23)nc1N[C@H]1CCCN(C(=O)OC(C)(C)C)C1. The Morgan fingerprint density at radius 2 is 1.95 bits per heavy atom. The van der Waals surface area contributed by atoms with Gasteiger partial charge >= 0.3 is 6.09 Å². The lowest BCUT2D eigenvalue weighted by Crippen LogP contribution is -2.47.